The summed E-state index contributed by atoms with van der Waals surface area (Å²) >= 11 is 0. The molecule has 17 nitrogen and oxygen atoms in total. The Morgan fingerprint density at radius 2 is 0.473 bits per heavy atom. The lowest BCUT2D eigenvalue weighted by atomic mass is 10.0. The molecule has 0 fully saturated rings. The van der Waals surface area contributed by atoms with Gasteiger partial charge in [0.05, 0.1) is 26.4 Å². The summed E-state index contributed by atoms with van der Waals surface area (Å²) in [7, 11) is -9.98. The zero-order valence-electron chi connectivity index (χ0n) is 69.4. The molecule has 0 heterocycles. The first-order chi connectivity index (χ1) is 53.7. The highest BCUT2D eigenvalue weighted by atomic mass is 31.2. The molecule has 632 valence electrons. The number of carbonyl (C=O) groups is 4. The van der Waals surface area contributed by atoms with E-state index < -0.39 is 97.5 Å². The van der Waals surface area contributed by atoms with Crippen molar-refractivity contribution in [3.05, 3.63) is 134 Å². The van der Waals surface area contributed by atoms with Crippen molar-refractivity contribution < 1.29 is 80.2 Å². The summed E-state index contributed by atoms with van der Waals surface area (Å²) in [4.78, 5) is 73.3. The molecule has 0 aromatic carbocycles. The maximum atomic E-state index is 13.2. The maximum absolute atomic E-state index is 13.2. The van der Waals surface area contributed by atoms with Crippen LogP contribution < -0.4 is 0 Å². The highest BCUT2D eigenvalue weighted by Crippen LogP contribution is 2.45. The molecule has 0 radical (unpaired) electrons. The van der Waals surface area contributed by atoms with Gasteiger partial charge in [0.2, 0.25) is 0 Å². The van der Waals surface area contributed by atoms with Crippen LogP contribution in [0.5, 0.6) is 0 Å². The van der Waals surface area contributed by atoms with Gasteiger partial charge in [-0.1, -0.05) is 335 Å². The van der Waals surface area contributed by atoms with Crippen molar-refractivity contribution in [3.8, 4) is 0 Å². The van der Waals surface area contributed by atoms with Gasteiger partial charge in [-0.15, -0.1) is 0 Å². The third-order valence-electron chi connectivity index (χ3n) is 18.1. The standard InChI is InChI=1S/C91H156O17P2/c1-5-9-13-17-21-25-29-33-37-40-42-45-49-52-56-60-64-68-72-76-89(94)102-82-87(108-91(96)78-74-70-66-62-58-54-50-46-43-41-38-34-30-26-22-18-14-10-6-2)84-106-110(99,100)104-80-85(92)79-103-109(97,98)105-83-86(107-90(95)77-73-69-65-61-57-53-47-36-32-28-24-20-16-12-8-4)81-101-88(93)75-71-67-63-59-55-51-48-44-39-35-31-27-23-19-15-11-7-3/h9-11,13-15,21-23,25-27,33-35,37-39,42-43,45-46,85-87,92H,5-8,12,16-20,24,28-32,36,40-41,44,47-84H2,1-4H3,(H,97,98)(H,99,100)/b13-9-,14-10-,15-11-,25-21-,26-22-,27-23-,37-33-,38-34-,39-35-,45-42-,46-43-. The van der Waals surface area contributed by atoms with E-state index in [1.807, 2.05) is 0 Å². The van der Waals surface area contributed by atoms with E-state index in [1.54, 1.807) is 0 Å². The van der Waals surface area contributed by atoms with Gasteiger partial charge in [0.1, 0.15) is 19.3 Å². The lowest BCUT2D eigenvalue weighted by Crippen LogP contribution is -2.30. The number of hydrogen-bond donors (Lipinski definition) is 3. The topological polar surface area (TPSA) is 237 Å². The number of esters is 4. The number of aliphatic hydroxyl groups is 1. The normalized spacial score (nSPS) is 14.4. The van der Waals surface area contributed by atoms with Crippen LogP contribution in [0.4, 0.5) is 0 Å². The van der Waals surface area contributed by atoms with Crippen LogP contribution >= 0.6 is 15.6 Å². The molecular formula is C91H156O17P2. The summed E-state index contributed by atoms with van der Waals surface area (Å²) in [5.74, 6) is -2.20. The van der Waals surface area contributed by atoms with Gasteiger partial charge in [-0.2, -0.15) is 0 Å². The van der Waals surface area contributed by atoms with E-state index in [0.29, 0.717) is 25.7 Å². The van der Waals surface area contributed by atoms with Gasteiger partial charge >= 0.3 is 39.5 Å². The van der Waals surface area contributed by atoms with Crippen LogP contribution in [-0.4, -0.2) is 96.7 Å². The third kappa shape index (κ3) is 81.2. The Labute approximate surface area is 669 Å². The Balaban J connectivity index is 5.40. The highest BCUT2D eigenvalue weighted by molar-refractivity contribution is 7.47. The molecule has 5 atom stereocenters. The Kier molecular flexibility index (Phi) is 78.6. The van der Waals surface area contributed by atoms with Crippen molar-refractivity contribution in [3.63, 3.8) is 0 Å². The summed E-state index contributed by atoms with van der Waals surface area (Å²) in [5, 5.41) is 10.7. The minimum atomic E-state index is -4.99. The molecule has 0 bridgehead atoms. The molecular weight excluding hydrogens is 1430 g/mol. The fourth-order valence-electron chi connectivity index (χ4n) is 11.6. The number of unbranched alkanes of at least 4 members (excludes halogenated alkanes) is 33. The molecule has 0 aromatic rings. The molecule has 0 aliphatic carbocycles. The average Bonchev–Trinajstić information content (AvgIpc) is 0.900. The molecule has 5 unspecified atom stereocenters. The number of ether oxygens (including phenoxy) is 4. The quantitative estimate of drug-likeness (QED) is 0.0169. The minimum absolute atomic E-state index is 0.0727. The number of aliphatic hydroxyl groups excluding tert-OH is 1. The maximum Gasteiger partial charge on any atom is 0.472 e. The van der Waals surface area contributed by atoms with Gasteiger partial charge in [-0.3, -0.25) is 37.3 Å². The molecule has 0 rings (SSSR count). The molecule has 110 heavy (non-hydrogen) atoms. The van der Waals surface area contributed by atoms with Crippen LogP contribution in [0, 0.1) is 0 Å². The summed E-state index contributed by atoms with van der Waals surface area (Å²) in [5.41, 5.74) is 0. The number of hydrogen-bond acceptors (Lipinski definition) is 15. The molecule has 0 aromatic heterocycles. The first kappa shape index (κ1) is 105. The summed E-state index contributed by atoms with van der Waals surface area (Å²) in [6.45, 7) is 4.56. The van der Waals surface area contributed by atoms with Gasteiger partial charge in [0, 0.05) is 25.7 Å². The van der Waals surface area contributed by atoms with E-state index in [0.717, 1.165) is 218 Å². The lowest BCUT2D eigenvalue weighted by molar-refractivity contribution is -0.161. The van der Waals surface area contributed by atoms with E-state index in [-0.39, 0.29) is 25.7 Å². The molecule has 3 N–H and O–H groups in total. The van der Waals surface area contributed by atoms with Crippen molar-refractivity contribution in [1.82, 2.24) is 0 Å². The van der Waals surface area contributed by atoms with Crippen LogP contribution in [0.1, 0.15) is 362 Å². The molecule has 0 spiro atoms. The minimum Gasteiger partial charge on any atom is -0.462 e. The first-order valence-corrected chi connectivity index (χ1v) is 46.4. The second-order valence-corrected chi connectivity index (χ2v) is 31.6. The fourth-order valence-corrected chi connectivity index (χ4v) is 13.2. The van der Waals surface area contributed by atoms with E-state index in [2.05, 4.69) is 161 Å². The van der Waals surface area contributed by atoms with Crippen molar-refractivity contribution in [2.75, 3.05) is 39.6 Å². The average molecular weight is 1580 g/mol. The smallest absolute Gasteiger partial charge is 0.462 e. The van der Waals surface area contributed by atoms with Gasteiger partial charge in [0.25, 0.3) is 0 Å². The summed E-state index contributed by atoms with van der Waals surface area (Å²) < 4.78 is 68.9. The Morgan fingerprint density at radius 3 is 0.727 bits per heavy atom. The largest absolute Gasteiger partial charge is 0.472 e. The molecule has 0 aliphatic heterocycles. The second kappa shape index (κ2) is 82.2. The Bertz CT molecular complexity index is 2600. The van der Waals surface area contributed by atoms with Gasteiger partial charge in [-0.05, 0) is 135 Å². The van der Waals surface area contributed by atoms with E-state index >= 15 is 0 Å². The van der Waals surface area contributed by atoms with Gasteiger partial charge < -0.3 is 33.8 Å². The number of phosphoric ester groups is 2. The van der Waals surface area contributed by atoms with Crippen LogP contribution in [0.15, 0.2) is 134 Å². The molecule has 0 aliphatic rings. The molecule has 0 saturated carbocycles. The number of allylic oxidation sites excluding steroid dienone is 22. The van der Waals surface area contributed by atoms with E-state index in [1.165, 1.54) is 64.2 Å². The first-order valence-electron chi connectivity index (χ1n) is 43.4. The monoisotopic (exact) mass is 1580 g/mol. The Morgan fingerprint density at radius 1 is 0.264 bits per heavy atom. The van der Waals surface area contributed by atoms with Crippen molar-refractivity contribution >= 4 is 39.5 Å². The molecule has 0 saturated heterocycles. The van der Waals surface area contributed by atoms with Gasteiger partial charge in [-0.25, -0.2) is 9.13 Å². The third-order valence-corrected chi connectivity index (χ3v) is 20.0. The zero-order chi connectivity index (χ0) is 80.3. The zero-order valence-corrected chi connectivity index (χ0v) is 71.2. The van der Waals surface area contributed by atoms with Crippen molar-refractivity contribution in [1.29, 1.82) is 0 Å². The number of phosphoric acid groups is 2. The SMILES string of the molecule is CC/C=C\C/C=C\C/C=C\C/C=C\CCCCCCCCC(=O)OCC(COP(=O)(O)OCC(O)COP(=O)(O)OCC(COC(=O)CCCCCCCCC/C=C\C/C=C\C/C=C\CC)OC(=O)CCCCCCCCCCCCCCCCC)OC(=O)CCCCCCCC/C=C\C/C=C\C/C=C\C/C=C\CC. The van der Waals surface area contributed by atoms with Crippen molar-refractivity contribution in [2.24, 2.45) is 0 Å². The predicted octanol–water partition coefficient (Wildman–Crippen LogP) is 26.0. The van der Waals surface area contributed by atoms with Crippen LogP contribution in [0.2, 0.25) is 0 Å². The second-order valence-electron chi connectivity index (χ2n) is 28.7. The number of carbonyl (C=O) groups excluding carboxylic acids is 4. The van der Waals surface area contributed by atoms with Gasteiger partial charge in [0.15, 0.2) is 12.2 Å². The lowest BCUT2D eigenvalue weighted by Gasteiger charge is -2.21. The van der Waals surface area contributed by atoms with E-state index in [9.17, 15) is 43.2 Å². The van der Waals surface area contributed by atoms with Crippen LogP contribution in [-0.2, 0) is 65.4 Å². The highest BCUT2D eigenvalue weighted by Gasteiger charge is 2.30. The number of rotatable bonds is 81. The fraction of sp³-hybridized carbons (Fsp3) is 0.714. The van der Waals surface area contributed by atoms with Crippen molar-refractivity contribution in [2.45, 2.75) is 380 Å². The van der Waals surface area contributed by atoms with Crippen LogP contribution in [0.25, 0.3) is 0 Å². The summed E-state index contributed by atoms with van der Waals surface area (Å²) in [6, 6.07) is 0. The van der Waals surface area contributed by atoms with E-state index in [4.69, 9.17) is 37.0 Å². The summed E-state index contributed by atoms with van der Waals surface area (Å²) in [6.07, 6.45) is 94.0. The molecule has 0 amide bonds. The van der Waals surface area contributed by atoms with Crippen LogP contribution in [0.3, 0.4) is 0 Å². The molecule has 19 heteroatoms. The predicted molar refractivity (Wildman–Crippen MR) is 454 cm³/mol. The Hall–Kier alpha value is -4.80.